The average molecular weight is 421 g/mol. The third-order valence-corrected chi connectivity index (χ3v) is 4.90. The van der Waals surface area contributed by atoms with Gasteiger partial charge in [-0.2, -0.15) is 0 Å². The van der Waals surface area contributed by atoms with Gasteiger partial charge in [0.25, 0.3) is 0 Å². The quantitative estimate of drug-likeness (QED) is 0.700. The lowest BCUT2D eigenvalue weighted by Gasteiger charge is -2.33. The predicted octanol–water partition coefficient (Wildman–Crippen LogP) is 3.45. The molecule has 0 aromatic heterocycles. The van der Waals surface area contributed by atoms with Crippen molar-refractivity contribution in [1.29, 1.82) is 0 Å². The van der Waals surface area contributed by atoms with E-state index in [4.69, 9.17) is 9.47 Å². The Labute approximate surface area is 177 Å². The molecule has 0 bridgehead atoms. The number of nitrogens with zero attached hydrogens (tertiary/aromatic N) is 1. The van der Waals surface area contributed by atoms with Gasteiger partial charge in [-0.05, 0) is 51.5 Å². The fourth-order valence-electron chi connectivity index (χ4n) is 3.28. The molecule has 2 N–H and O–H groups in total. The van der Waals surface area contributed by atoms with Gasteiger partial charge in [-0.15, -0.1) is 0 Å². The smallest absolute Gasteiger partial charge is 0.410 e. The molecule has 0 saturated carbocycles. The molecule has 1 aliphatic heterocycles. The number of likely N-dealkylation sites (tertiary alicyclic amines) is 1. The van der Waals surface area contributed by atoms with Gasteiger partial charge in [0.2, 0.25) is 0 Å². The lowest BCUT2D eigenvalue weighted by atomic mass is 9.94. The molecule has 8 heteroatoms. The summed E-state index contributed by atoms with van der Waals surface area (Å²) in [6, 6.07) is 8.07. The van der Waals surface area contributed by atoms with E-state index in [0.717, 1.165) is 18.4 Å². The van der Waals surface area contributed by atoms with Crippen LogP contribution in [0.5, 0.6) is 0 Å². The molecule has 166 valence electrons. The number of ether oxygens (including phenoxy) is 2. The Bertz CT molecular complexity index is 708. The standard InChI is InChI=1S/C22H32N2O6/c1-22(2,3)30-21(28)24-12-9-16(10-13-24)11-14-29-20(27)23-18(19(25)26)15-17-7-5-4-6-8-17/h4-8,16,18H,9-15H2,1-3H3,(H,23,27)(H,25,26)/t18-/m0/s1. The predicted molar refractivity (Wildman–Crippen MR) is 111 cm³/mol. The second kappa shape index (κ2) is 10.8. The summed E-state index contributed by atoms with van der Waals surface area (Å²) in [5.74, 6) is -0.763. The highest BCUT2D eigenvalue weighted by Gasteiger charge is 2.27. The maximum atomic E-state index is 12.1. The van der Waals surface area contributed by atoms with Crippen LogP contribution in [0.4, 0.5) is 9.59 Å². The molecule has 1 fully saturated rings. The van der Waals surface area contributed by atoms with Crippen LogP contribution in [-0.4, -0.2) is 59.5 Å². The number of nitrogens with one attached hydrogen (secondary N) is 1. The average Bonchev–Trinajstić information content (AvgIpc) is 2.67. The Balaban J connectivity index is 1.68. The summed E-state index contributed by atoms with van der Waals surface area (Å²) in [7, 11) is 0. The fraction of sp³-hybridized carbons (Fsp3) is 0.591. The molecule has 8 nitrogen and oxygen atoms in total. The summed E-state index contributed by atoms with van der Waals surface area (Å²) < 4.78 is 10.6. The van der Waals surface area contributed by atoms with E-state index in [0.29, 0.717) is 25.4 Å². The molecule has 1 aliphatic rings. The topological polar surface area (TPSA) is 105 Å². The molecule has 30 heavy (non-hydrogen) atoms. The minimum absolute atomic E-state index is 0.189. The molecule has 0 aliphatic carbocycles. The van der Waals surface area contributed by atoms with E-state index in [1.54, 1.807) is 4.90 Å². The van der Waals surface area contributed by atoms with E-state index in [2.05, 4.69) is 5.32 Å². The number of hydrogen-bond donors (Lipinski definition) is 2. The zero-order valence-corrected chi connectivity index (χ0v) is 17.9. The molecular formula is C22H32N2O6. The summed E-state index contributed by atoms with van der Waals surface area (Å²) in [6.07, 6.45) is 1.46. The highest BCUT2D eigenvalue weighted by Crippen LogP contribution is 2.22. The van der Waals surface area contributed by atoms with Gasteiger partial charge in [-0.1, -0.05) is 30.3 Å². The van der Waals surface area contributed by atoms with E-state index in [1.165, 1.54) is 0 Å². The summed E-state index contributed by atoms with van der Waals surface area (Å²) in [5.41, 5.74) is 0.311. The second-order valence-electron chi connectivity index (χ2n) is 8.56. The van der Waals surface area contributed by atoms with Crippen LogP contribution < -0.4 is 5.32 Å². The van der Waals surface area contributed by atoms with E-state index >= 15 is 0 Å². The number of piperidine rings is 1. The molecular weight excluding hydrogens is 388 g/mol. The van der Waals surface area contributed by atoms with Crippen molar-refractivity contribution in [2.24, 2.45) is 5.92 Å². The minimum Gasteiger partial charge on any atom is -0.480 e. The monoisotopic (exact) mass is 420 g/mol. The van der Waals surface area contributed by atoms with E-state index in [9.17, 15) is 19.5 Å². The third-order valence-electron chi connectivity index (χ3n) is 4.90. The molecule has 1 aromatic carbocycles. The number of aliphatic carboxylic acids is 1. The Morgan fingerprint density at radius 1 is 1.17 bits per heavy atom. The third kappa shape index (κ3) is 8.31. The Kier molecular flexibility index (Phi) is 8.50. The number of rotatable bonds is 7. The number of alkyl carbamates (subject to hydrolysis) is 1. The zero-order chi connectivity index (χ0) is 22.1. The lowest BCUT2D eigenvalue weighted by Crippen LogP contribution is -2.43. The number of benzene rings is 1. The van der Waals surface area contributed by atoms with Crippen LogP contribution in [0.1, 0.15) is 45.6 Å². The van der Waals surface area contributed by atoms with E-state index < -0.39 is 23.7 Å². The number of carbonyl (C=O) groups is 3. The molecule has 1 saturated heterocycles. The summed E-state index contributed by atoms with van der Waals surface area (Å²) in [6.45, 7) is 6.97. The van der Waals surface area contributed by atoms with Gasteiger partial charge in [-0.3, -0.25) is 0 Å². The molecule has 1 atom stereocenters. The Morgan fingerprint density at radius 3 is 2.37 bits per heavy atom. The number of amides is 2. The first-order chi connectivity index (χ1) is 14.1. The zero-order valence-electron chi connectivity index (χ0n) is 17.9. The van der Waals surface area contributed by atoms with Crippen LogP contribution in [0.2, 0.25) is 0 Å². The Hall–Kier alpha value is -2.77. The molecule has 2 rings (SSSR count). The highest BCUT2D eigenvalue weighted by molar-refractivity contribution is 5.80. The van der Waals surface area contributed by atoms with Crippen molar-refractivity contribution in [3.63, 3.8) is 0 Å². The summed E-state index contributed by atoms with van der Waals surface area (Å²) in [5, 5.41) is 11.8. The number of carboxylic acid groups (broad SMARTS) is 1. The number of hydrogen-bond acceptors (Lipinski definition) is 5. The van der Waals surface area contributed by atoms with Gasteiger partial charge in [0, 0.05) is 19.5 Å². The Morgan fingerprint density at radius 2 is 1.80 bits per heavy atom. The fourth-order valence-corrected chi connectivity index (χ4v) is 3.28. The van der Waals surface area contributed by atoms with E-state index in [-0.39, 0.29) is 19.1 Å². The summed E-state index contributed by atoms with van der Waals surface area (Å²) in [4.78, 5) is 37.2. The van der Waals surface area contributed by atoms with Crippen LogP contribution in [-0.2, 0) is 20.7 Å². The van der Waals surface area contributed by atoms with E-state index in [1.807, 2.05) is 51.1 Å². The molecule has 2 amide bonds. The van der Waals surface area contributed by atoms with Crippen LogP contribution in [0.15, 0.2) is 30.3 Å². The maximum Gasteiger partial charge on any atom is 0.410 e. The maximum absolute atomic E-state index is 12.1. The lowest BCUT2D eigenvalue weighted by molar-refractivity contribution is -0.139. The van der Waals surface area contributed by atoms with Gasteiger partial charge >= 0.3 is 18.2 Å². The van der Waals surface area contributed by atoms with Crippen molar-refractivity contribution < 1.29 is 29.0 Å². The van der Waals surface area contributed by atoms with Gasteiger partial charge < -0.3 is 24.8 Å². The van der Waals surface area contributed by atoms with Crippen LogP contribution in [0.3, 0.4) is 0 Å². The SMILES string of the molecule is CC(C)(C)OC(=O)N1CCC(CCOC(=O)N[C@@H](Cc2ccccc2)C(=O)O)CC1. The van der Waals surface area contributed by atoms with Crippen molar-refractivity contribution >= 4 is 18.2 Å². The van der Waals surface area contributed by atoms with Crippen molar-refractivity contribution in [3.8, 4) is 0 Å². The molecule has 0 radical (unpaired) electrons. The van der Waals surface area contributed by atoms with Gasteiger partial charge in [0.05, 0.1) is 6.61 Å². The van der Waals surface area contributed by atoms with Gasteiger partial charge in [0.1, 0.15) is 11.6 Å². The molecule has 0 unspecified atom stereocenters. The number of carbonyl (C=O) groups excluding carboxylic acids is 2. The highest BCUT2D eigenvalue weighted by atomic mass is 16.6. The summed E-state index contributed by atoms with van der Waals surface area (Å²) >= 11 is 0. The van der Waals surface area contributed by atoms with Crippen molar-refractivity contribution in [2.75, 3.05) is 19.7 Å². The minimum atomic E-state index is -1.11. The second-order valence-corrected chi connectivity index (χ2v) is 8.56. The van der Waals surface area contributed by atoms with Crippen molar-refractivity contribution in [1.82, 2.24) is 10.2 Å². The van der Waals surface area contributed by atoms with Gasteiger partial charge in [-0.25, -0.2) is 14.4 Å². The van der Waals surface area contributed by atoms with Gasteiger partial charge in [0.15, 0.2) is 0 Å². The normalized spacial score (nSPS) is 15.9. The largest absolute Gasteiger partial charge is 0.480 e. The van der Waals surface area contributed by atoms with Crippen LogP contribution >= 0.6 is 0 Å². The van der Waals surface area contributed by atoms with Crippen molar-refractivity contribution in [2.45, 2.75) is 58.1 Å². The number of carboxylic acids is 1. The van der Waals surface area contributed by atoms with Crippen LogP contribution in [0.25, 0.3) is 0 Å². The first-order valence-electron chi connectivity index (χ1n) is 10.3. The first kappa shape index (κ1) is 23.5. The first-order valence-corrected chi connectivity index (χ1v) is 10.3. The molecule has 1 aromatic rings. The van der Waals surface area contributed by atoms with Crippen molar-refractivity contribution in [3.05, 3.63) is 35.9 Å². The molecule has 1 heterocycles. The van der Waals surface area contributed by atoms with Crippen LogP contribution in [0, 0.1) is 5.92 Å². The molecule has 0 spiro atoms.